The smallest absolute Gasteiger partial charge is 0.124 e. The van der Waals surface area contributed by atoms with E-state index < -0.39 is 5.67 Å². The first-order chi connectivity index (χ1) is 5.73. The van der Waals surface area contributed by atoms with Gasteiger partial charge in [0.05, 0.1) is 0 Å². The molecule has 2 rings (SSSR count). The van der Waals surface area contributed by atoms with Gasteiger partial charge in [-0.05, 0) is 32.2 Å². The zero-order valence-electron chi connectivity index (χ0n) is 7.85. The van der Waals surface area contributed by atoms with Crippen molar-refractivity contribution >= 4 is 0 Å². The van der Waals surface area contributed by atoms with Crippen molar-refractivity contribution in [2.75, 3.05) is 13.1 Å². The molecule has 0 N–H and O–H groups in total. The lowest BCUT2D eigenvalue weighted by molar-refractivity contribution is 0.153. The lowest BCUT2D eigenvalue weighted by Crippen LogP contribution is -2.35. The lowest BCUT2D eigenvalue weighted by atomic mass is 9.96. The molecule has 0 bridgehead atoms. The van der Waals surface area contributed by atoms with E-state index >= 15 is 0 Å². The fraction of sp³-hybridized carbons (Fsp3) is 1.00. The maximum Gasteiger partial charge on any atom is 0.124 e. The molecule has 0 aromatic rings. The minimum absolute atomic E-state index is 0.573. The van der Waals surface area contributed by atoms with E-state index in [1.165, 1.54) is 19.3 Å². The van der Waals surface area contributed by atoms with Gasteiger partial charge in [0, 0.05) is 12.6 Å². The van der Waals surface area contributed by atoms with Crippen molar-refractivity contribution in [3.05, 3.63) is 0 Å². The normalized spacial score (nSPS) is 43.0. The molecule has 70 valence electrons. The van der Waals surface area contributed by atoms with Crippen molar-refractivity contribution in [2.45, 2.75) is 50.7 Å². The summed E-state index contributed by atoms with van der Waals surface area (Å²) in [6, 6.07) is 0.573. The highest BCUT2D eigenvalue weighted by molar-refractivity contribution is 4.97. The Balaban J connectivity index is 2.02. The summed E-state index contributed by atoms with van der Waals surface area (Å²) < 4.78 is 13.9. The molecule has 0 radical (unpaired) electrons. The molecule has 2 aliphatic heterocycles. The molecular weight excluding hydrogens is 153 g/mol. The zero-order valence-corrected chi connectivity index (χ0v) is 7.85. The van der Waals surface area contributed by atoms with Gasteiger partial charge in [-0.2, -0.15) is 0 Å². The number of hydrogen-bond acceptors (Lipinski definition) is 1. The number of alkyl halides is 1. The van der Waals surface area contributed by atoms with E-state index in [1.807, 2.05) is 6.92 Å². The average molecular weight is 171 g/mol. The van der Waals surface area contributed by atoms with Gasteiger partial charge in [0.2, 0.25) is 0 Å². The lowest BCUT2D eigenvalue weighted by Gasteiger charge is -2.28. The monoisotopic (exact) mass is 171 g/mol. The summed E-state index contributed by atoms with van der Waals surface area (Å²) in [5.41, 5.74) is -0.852. The van der Waals surface area contributed by atoms with Gasteiger partial charge in [0.15, 0.2) is 0 Å². The third-order valence-corrected chi connectivity index (χ3v) is 3.47. The predicted octanol–water partition coefficient (Wildman–Crippen LogP) is 2.36. The van der Waals surface area contributed by atoms with Gasteiger partial charge in [-0.1, -0.05) is 13.3 Å². The summed E-state index contributed by atoms with van der Waals surface area (Å²) in [6.45, 7) is 3.81. The van der Waals surface area contributed by atoms with Crippen LogP contribution >= 0.6 is 0 Å². The first kappa shape index (κ1) is 8.49. The standard InChI is InChI=1S/C10H18FN/c1-2-10(11)7-9-5-3-4-6-12(9)8-10/h9H,2-8H2,1H3/t9?,10-/m0/s1. The molecule has 2 fully saturated rings. The van der Waals surface area contributed by atoms with Gasteiger partial charge in [0.25, 0.3) is 0 Å². The molecule has 2 aliphatic rings. The Morgan fingerprint density at radius 1 is 1.50 bits per heavy atom. The SMILES string of the molecule is CC[C@]1(F)CC2CCCCN2C1. The number of rotatable bonds is 1. The van der Waals surface area contributed by atoms with Gasteiger partial charge in [-0.25, -0.2) is 4.39 Å². The Morgan fingerprint density at radius 3 is 3.00 bits per heavy atom. The van der Waals surface area contributed by atoms with Gasteiger partial charge in [0.1, 0.15) is 5.67 Å². The van der Waals surface area contributed by atoms with Crippen LogP contribution in [0.25, 0.3) is 0 Å². The summed E-state index contributed by atoms with van der Waals surface area (Å²) in [6.07, 6.45) is 5.30. The van der Waals surface area contributed by atoms with Gasteiger partial charge >= 0.3 is 0 Å². The van der Waals surface area contributed by atoms with Crippen LogP contribution in [-0.4, -0.2) is 29.7 Å². The molecular formula is C10H18FN. The molecule has 0 aromatic heterocycles. The third kappa shape index (κ3) is 1.37. The highest BCUT2D eigenvalue weighted by Gasteiger charge is 2.43. The van der Waals surface area contributed by atoms with E-state index in [4.69, 9.17) is 0 Å². The van der Waals surface area contributed by atoms with Crippen LogP contribution < -0.4 is 0 Å². The van der Waals surface area contributed by atoms with Crippen molar-refractivity contribution < 1.29 is 4.39 Å². The topological polar surface area (TPSA) is 3.24 Å². The average Bonchev–Trinajstić information content (AvgIpc) is 2.42. The summed E-state index contributed by atoms with van der Waals surface area (Å²) in [7, 11) is 0. The fourth-order valence-corrected chi connectivity index (χ4v) is 2.61. The summed E-state index contributed by atoms with van der Waals surface area (Å²) in [4.78, 5) is 2.35. The van der Waals surface area contributed by atoms with Gasteiger partial charge in [-0.15, -0.1) is 0 Å². The number of piperidine rings is 1. The van der Waals surface area contributed by atoms with Crippen LogP contribution in [0.15, 0.2) is 0 Å². The molecule has 2 atom stereocenters. The van der Waals surface area contributed by atoms with Crippen molar-refractivity contribution in [3.8, 4) is 0 Å². The Morgan fingerprint density at radius 2 is 2.33 bits per heavy atom. The van der Waals surface area contributed by atoms with E-state index in [1.54, 1.807) is 0 Å². The summed E-state index contributed by atoms with van der Waals surface area (Å²) in [5, 5.41) is 0. The molecule has 2 heteroatoms. The van der Waals surface area contributed by atoms with E-state index in [2.05, 4.69) is 4.90 Å². The Bertz CT molecular complexity index is 155. The molecule has 0 aliphatic carbocycles. The van der Waals surface area contributed by atoms with Gasteiger partial charge < -0.3 is 0 Å². The number of nitrogens with zero attached hydrogens (tertiary/aromatic N) is 1. The van der Waals surface area contributed by atoms with E-state index in [0.717, 1.165) is 13.0 Å². The summed E-state index contributed by atoms with van der Waals surface area (Å²) in [5.74, 6) is 0. The number of halogens is 1. The number of fused-ring (bicyclic) bond motifs is 1. The quantitative estimate of drug-likeness (QED) is 0.585. The first-order valence-electron chi connectivity index (χ1n) is 5.16. The fourth-order valence-electron chi connectivity index (χ4n) is 2.61. The molecule has 2 saturated heterocycles. The van der Waals surface area contributed by atoms with Crippen LogP contribution in [0.3, 0.4) is 0 Å². The zero-order chi connectivity index (χ0) is 8.60. The van der Waals surface area contributed by atoms with E-state index in [9.17, 15) is 4.39 Å². The third-order valence-electron chi connectivity index (χ3n) is 3.47. The number of hydrogen-bond donors (Lipinski definition) is 0. The first-order valence-corrected chi connectivity index (χ1v) is 5.16. The molecule has 2 heterocycles. The molecule has 12 heavy (non-hydrogen) atoms. The van der Waals surface area contributed by atoms with Crippen molar-refractivity contribution in [1.29, 1.82) is 0 Å². The van der Waals surface area contributed by atoms with Crippen molar-refractivity contribution in [3.63, 3.8) is 0 Å². The van der Waals surface area contributed by atoms with Crippen molar-refractivity contribution in [2.24, 2.45) is 0 Å². The van der Waals surface area contributed by atoms with Crippen LogP contribution in [0.4, 0.5) is 4.39 Å². The molecule has 1 unspecified atom stereocenters. The minimum atomic E-state index is -0.852. The van der Waals surface area contributed by atoms with E-state index in [0.29, 0.717) is 19.0 Å². The maximum absolute atomic E-state index is 13.9. The minimum Gasteiger partial charge on any atom is -0.297 e. The second kappa shape index (κ2) is 2.99. The van der Waals surface area contributed by atoms with Crippen LogP contribution in [0.2, 0.25) is 0 Å². The Kier molecular flexibility index (Phi) is 2.11. The second-order valence-electron chi connectivity index (χ2n) is 4.33. The molecule has 0 saturated carbocycles. The van der Waals surface area contributed by atoms with Crippen LogP contribution in [0.5, 0.6) is 0 Å². The molecule has 0 aromatic carbocycles. The van der Waals surface area contributed by atoms with Crippen LogP contribution in [0, 0.1) is 0 Å². The van der Waals surface area contributed by atoms with Crippen LogP contribution in [-0.2, 0) is 0 Å². The Labute approximate surface area is 73.9 Å². The van der Waals surface area contributed by atoms with Crippen LogP contribution in [0.1, 0.15) is 39.0 Å². The van der Waals surface area contributed by atoms with Gasteiger partial charge in [-0.3, -0.25) is 4.90 Å². The predicted molar refractivity (Wildman–Crippen MR) is 48.0 cm³/mol. The van der Waals surface area contributed by atoms with E-state index in [-0.39, 0.29) is 0 Å². The highest BCUT2D eigenvalue weighted by atomic mass is 19.1. The molecule has 1 nitrogen and oxygen atoms in total. The second-order valence-corrected chi connectivity index (χ2v) is 4.33. The highest BCUT2D eigenvalue weighted by Crippen LogP contribution is 2.37. The Hall–Kier alpha value is -0.110. The molecule has 0 amide bonds. The summed E-state index contributed by atoms with van der Waals surface area (Å²) >= 11 is 0. The largest absolute Gasteiger partial charge is 0.297 e. The molecule has 0 spiro atoms. The van der Waals surface area contributed by atoms with Crippen molar-refractivity contribution in [1.82, 2.24) is 4.90 Å². The maximum atomic E-state index is 13.9.